The summed E-state index contributed by atoms with van der Waals surface area (Å²) < 4.78 is 41.4. The van der Waals surface area contributed by atoms with Crippen LogP contribution in [0.1, 0.15) is 11.7 Å². The zero-order valence-corrected chi connectivity index (χ0v) is 11.8. The zero-order chi connectivity index (χ0) is 17.2. The highest BCUT2D eigenvalue weighted by atomic mass is 19.4. The van der Waals surface area contributed by atoms with Gasteiger partial charge in [-0.25, -0.2) is 15.0 Å². The van der Waals surface area contributed by atoms with Crippen LogP contribution in [0.5, 0.6) is 0 Å². The van der Waals surface area contributed by atoms with Gasteiger partial charge in [0.15, 0.2) is 0 Å². The Kier molecular flexibility index (Phi) is 3.93. The molecule has 124 valence electrons. The molecule has 0 spiro atoms. The first-order valence-corrected chi connectivity index (χ1v) is 6.46. The van der Waals surface area contributed by atoms with Gasteiger partial charge in [-0.15, -0.1) is 0 Å². The highest BCUT2D eigenvalue weighted by molar-refractivity contribution is 5.50. The van der Waals surface area contributed by atoms with E-state index in [2.05, 4.69) is 39.9 Å². The second-order valence-corrected chi connectivity index (χ2v) is 4.46. The molecule has 0 amide bonds. The topological polar surface area (TPSA) is 129 Å². The van der Waals surface area contributed by atoms with Crippen molar-refractivity contribution in [2.75, 3.05) is 11.1 Å². The number of hydrogen-bond acceptors (Lipinski definition) is 9. The third kappa shape index (κ3) is 3.53. The Hall–Kier alpha value is -3.31. The van der Waals surface area contributed by atoms with Gasteiger partial charge in [0.2, 0.25) is 11.8 Å². The molecular weight excluding hydrogens is 329 g/mol. The maximum absolute atomic E-state index is 12.4. The van der Waals surface area contributed by atoms with Crippen molar-refractivity contribution in [1.29, 1.82) is 0 Å². The number of hydrogen-bond donors (Lipinski definition) is 2. The average molecular weight is 338 g/mol. The monoisotopic (exact) mass is 338 g/mol. The molecule has 0 bridgehead atoms. The molecule has 3 heterocycles. The summed E-state index contributed by atoms with van der Waals surface area (Å²) >= 11 is 0. The summed E-state index contributed by atoms with van der Waals surface area (Å²) in [4.78, 5) is 19.0. The minimum absolute atomic E-state index is 0.119. The Morgan fingerprint density at radius 2 is 1.88 bits per heavy atom. The van der Waals surface area contributed by atoms with Crippen molar-refractivity contribution in [3.63, 3.8) is 0 Å². The van der Waals surface area contributed by atoms with Crippen LogP contribution in [0, 0.1) is 0 Å². The lowest BCUT2D eigenvalue weighted by atomic mass is 10.3. The molecule has 0 saturated carbocycles. The SMILES string of the molecule is Nc1nccc(NCc2ncc(-c3noc(C(F)(F)F)n3)cn2)n1. The number of nitrogens with one attached hydrogen (secondary N) is 1. The Bertz CT molecular complexity index is 833. The summed E-state index contributed by atoms with van der Waals surface area (Å²) in [6.07, 6.45) is -0.620. The summed E-state index contributed by atoms with van der Waals surface area (Å²) in [6.45, 7) is 0.233. The van der Waals surface area contributed by atoms with Crippen LogP contribution in [0.15, 0.2) is 29.2 Å². The highest BCUT2D eigenvalue weighted by Crippen LogP contribution is 2.29. The fourth-order valence-corrected chi connectivity index (χ4v) is 1.66. The molecule has 0 aliphatic carbocycles. The van der Waals surface area contributed by atoms with Crippen LogP contribution in [-0.4, -0.2) is 30.1 Å². The summed E-state index contributed by atoms with van der Waals surface area (Å²) in [7, 11) is 0. The Morgan fingerprint density at radius 1 is 1.12 bits per heavy atom. The molecule has 3 aromatic rings. The molecule has 3 aromatic heterocycles. The van der Waals surface area contributed by atoms with Crippen molar-refractivity contribution in [3.8, 4) is 11.4 Å². The van der Waals surface area contributed by atoms with Gasteiger partial charge in [0.1, 0.15) is 11.6 Å². The zero-order valence-electron chi connectivity index (χ0n) is 11.8. The van der Waals surface area contributed by atoms with Crippen LogP contribution in [-0.2, 0) is 12.7 Å². The first kappa shape index (κ1) is 15.6. The number of anilines is 2. The van der Waals surface area contributed by atoms with Gasteiger partial charge in [-0.2, -0.15) is 23.1 Å². The smallest absolute Gasteiger partial charge is 0.368 e. The van der Waals surface area contributed by atoms with Crippen LogP contribution < -0.4 is 11.1 Å². The molecule has 0 saturated heterocycles. The molecular formula is C12H9F3N8O. The lowest BCUT2D eigenvalue weighted by Crippen LogP contribution is -2.07. The van der Waals surface area contributed by atoms with Crippen LogP contribution in [0.3, 0.4) is 0 Å². The fourth-order valence-electron chi connectivity index (χ4n) is 1.66. The van der Waals surface area contributed by atoms with Crippen LogP contribution in [0.25, 0.3) is 11.4 Å². The van der Waals surface area contributed by atoms with E-state index in [0.717, 1.165) is 0 Å². The van der Waals surface area contributed by atoms with Gasteiger partial charge in [-0.3, -0.25) is 0 Å². The van der Waals surface area contributed by atoms with Crippen molar-refractivity contribution in [2.24, 2.45) is 0 Å². The molecule has 0 radical (unpaired) electrons. The van der Waals surface area contributed by atoms with Crippen molar-refractivity contribution in [2.45, 2.75) is 12.7 Å². The van der Waals surface area contributed by atoms with E-state index >= 15 is 0 Å². The number of halogens is 3. The molecule has 0 aliphatic rings. The Morgan fingerprint density at radius 3 is 2.50 bits per heavy atom. The van der Waals surface area contributed by atoms with Crippen molar-refractivity contribution in [1.82, 2.24) is 30.1 Å². The average Bonchev–Trinajstić information content (AvgIpc) is 3.04. The molecule has 24 heavy (non-hydrogen) atoms. The standard InChI is InChI=1S/C12H9F3N8O/c13-12(14,15)10-22-9(23-24-10)6-3-18-8(19-4-6)5-20-7-1-2-17-11(16)21-7/h1-4H,5H2,(H3,16,17,20,21). The van der Waals surface area contributed by atoms with Crippen LogP contribution in [0.2, 0.25) is 0 Å². The van der Waals surface area contributed by atoms with Crippen molar-refractivity contribution >= 4 is 11.8 Å². The molecule has 3 N–H and O–H groups in total. The van der Waals surface area contributed by atoms with E-state index < -0.39 is 12.1 Å². The van der Waals surface area contributed by atoms with Gasteiger partial charge >= 0.3 is 12.1 Å². The van der Waals surface area contributed by atoms with Crippen LogP contribution >= 0.6 is 0 Å². The van der Waals surface area contributed by atoms with E-state index in [1.807, 2.05) is 0 Å². The van der Waals surface area contributed by atoms with Gasteiger partial charge in [0.05, 0.1) is 12.1 Å². The minimum atomic E-state index is -4.70. The van der Waals surface area contributed by atoms with Gasteiger partial charge < -0.3 is 15.6 Å². The normalized spacial score (nSPS) is 11.5. The van der Waals surface area contributed by atoms with E-state index in [1.165, 1.54) is 18.6 Å². The van der Waals surface area contributed by atoms with Crippen LogP contribution in [0.4, 0.5) is 24.9 Å². The lowest BCUT2D eigenvalue weighted by Gasteiger charge is -2.04. The number of alkyl halides is 3. The van der Waals surface area contributed by atoms with E-state index in [0.29, 0.717) is 11.6 Å². The summed E-state index contributed by atoms with van der Waals surface area (Å²) in [5.41, 5.74) is 5.65. The molecule has 12 heteroatoms. The van der Waals surface area contributed by atoms with E-state index in [-0.39, 0.29) is 23.9 Å². The predicted octanol–water partition coefficient (Wildman–Crippen LogP) is 1.53. The van der Waals surface area contributed by atoms with Gasteiger partial charge in [-0.05, 0) is 6.07 Å². The minimum Gasteiger partial charge on any atom is -0.368 e. The predicted molar refractivity (Wildman–Crippen MR) is 74.1 cm³/mol. The largest absolute Gasteiger partial charge is 0.471 e. The van der Waals surface area contributed by atoms with Gasteiger partial charge in [0.25, 0.3) is 0 Å². The molecule has 3 rings (SSSR count). The Labute approximate surface area is 132 Å². The summed E-state index contributed by atoms with van der Waals surface area (Å²) in [5.74, 6) is -0.678. The second kappa shape index (κ2) is 6.06. The van der Waals surface area contributed by atoms with Gasteiger partial charge in [0, 0.05) is 18.6 Å². The molecule has 0 fully saturated rings. The summed E-state index contributed by atoms with van der Waals surface area (Å²) in [6, 6.07) is 1.61. The maximum Gasteiger partial charge on any atom is 0.471 e. The highest BCUT2D eigenvalue weighted by Gasteiger charge is 2.38. The molecule has 0 aliphatic heterocycles. The van der Waals surface area contributed by atoms with E-state index in [4.69, 9.17) is 5.73 Å². The first-order valence-electron chi connectivity index (χ1n) is 6.46. The lowest BCUT2D eigenvalue weighted by molar-refractivity contribution is -0.159. The number of nitrogen functional groups attached to an aromatic ring is 1. The second-order valence-electron chi connectivity index (χ2n) is 4.46. The number of rotatable bonds is 4. The Balaban J connectivity index is 1.68. The number of nitrogens with two attached hydrogens (primary N) is 1. The molecule has 0 atom stereocenters. The molecule has 9 nitrogen and oxygen atoms in total. The van der Waals surface area contributed by atoms with E-state index in [9.17, 15) is 13.2 Å². The molecule has 0 unspecified atom stereocenters. The summed E-state index contributed by atoms with van der Waals surface area (Å²) in [5, 5.41) is 6.18. The quantitative estimate of drug-likeness (QED) is 0.727. The third-order valence-corrected chi connectivity index (χ3v) is 2.73. The number of aromatic nitrogens is 6. The third-order valence-electron chi connectivity index (χ3n) is 2.73. The van der Waals surface area contributed by atoms with Crippen molar-refractivity contribution in [3.05, 3.63) is 36.4 Å². The maximum atomic E-state index is 12.4. The first-order chi connectivity index (χ1) is 11.4. The van der Waals surface area contributed by atoms with Crippen molar-refractivity contribution < 1.29 is 17.7 Å². The number of nitrogens with zero attached hydrogens (tertiary/aromatic N) is 6. The van der Waals surface area contributed by atoms with E-state index in [1.54, 1.807) is 6.07 Å². The fraction of sp³-hybridized carbons (Fsp3) is 0.167. The van der Waals surface area contributed by atoms with Gasteiger partial charge in [-0.1, -0.05) is 5.16 Å². The molecule has 0 aromatic carbocycles.